The summed E-state index contributed by atoms with van der Waals surface area (Å²) in [4.78, 5) is 0. The van der Waals surface area contributed by atoms with Crippen LogP contribution in [0.1, 0.15) is 16.7 Å². The normalized spacial score (nSPS) is 13.0. The number of rotatable bonds is 6. The molecule has 0 fully saturated rings. The average molecular weight is 390 g/mol. The Labute approximate surface area is 161 Å². The molecule has 3 aromatic carbocycles. The summed E-state index contributed by atoms with van der Waals surface area (Å²) in [5.74, 6) is 0. The van der Waals surface area contributed by atoms with Crippen molar-refractivity contribution in [3.8, 4) is 0 Å². The SMILES string of the molecule is [O-][S+](NC(c1ccccc1)(c1ccccc1)c1ccccc1)C(Cl)Cl. The summed E-state index contributed by atoms with van der Waals surface area (Å²) in [6, 6.07) is 29.6. The van der Waals surface area contributed by atoms with Crippen LogP contribution in [0.3, 0.4) is 0 Å². The van der Waals surface area contributed by atoms with Crippen molar-refractivity contribution >= 4 is 34.6 Å². The molecule has 0 heterocycles. The minimum absolute atomic E-state index is 0.837. The van der Waals surface area contributed by atoms with Gasteiger partial charge >= 0.3 is 0 Å². The molecular formula is C20H17Cl2NOS. The van der Waals surface area contributed by atoms with Gasteiger partial charge in [-0.3, -0.25) is 0 Å². The van der Waals surface area contributed by atoms with Gasteiger partial charge in [-0.25, -0.2) is 0 Å². The molecule has 128 valence electrons. The van der Waals surface area contributed by atoms with Crippen molar-refractivity contribution in [3.05, 3.63) is 108 Å². The summed E-state index contributed by atoms with van der Waals surface area (Å²) in [7, 11) is 0. The van der Waals surface area contributed by atoms with E-state index in [1.54, 1.807) is 0 Å². The maximum Gasteiger partial charge on any atom is 0.282 e. The number of nitrogens with one attached hydrogen (secondary N) is 1. The zero-order chi connectivity index (χ0) is 17.7. The third kappa shape index (κ3) is 3.86. The highest BCUT2D eigenvalue weighted by Crippen LogP contribution is 2.38. The highest BCUT2D eigenvalue weighted by atomic mass is 35.5. The van der Waals surface area contributed by atoms with Gasteiger partial charge in [0.25, 0.3) is 4.17 Å². The molecule has 5 heteroatoms. The van der Waals surface area contributed by atoms with Gasteiger partial charge < -0.3 is 4.55 Å². The molecule has 1 N–H and O–H groups in total. The summed E-state index contributed by atoms with van der Waals surface area (Å²) < 4.78 is 14.8. The van der Waals surface area contributed by atoms with E-state index in [0.717, 1.165) is 16.7 Å². The second kappa shape index (κ2) is 8.26. The molecule has 1 atom stereocenters. The average Bonchev–Trinajstić information content (AvgIpc) is 2.68. The largest absolute Gasteiger partial charge is 0.596 e. The lowest BCUT2D eigenvalue weighted by Gasteiger charge is -2.36. The number of hydrogen-bond acceptors (Lipinski definition) is 2. The Morgan fingerprint density at radius 3 is 1.28 bits per heavy atom. The lowest BCUT2D eigenvalue weighted by atomic mass is 9.78. The van der Waals surface area contributed by atoms with E-state index >= 15 is 0 Å². The van der Waals surface area contributed by atoms with Crippen molar-refractivity contribution in [2.75, 3.05) is 0 Å². The molecule has 3 rings (SSSR count). The molecule has 1 unspecified atom stereocenters. The summed E-state index contributed by atoms with van der Waals surface area (Å²) in [6.45, 7) is 0. The lowest BCUT2D eigenvalue weighted by Crippen LogP contribution is -2.49. The van der Waals surface area contributed by atoms with E-state index in [0.29, 0.717) is 0 Å². The molecule has 0 aliphatic carbocycles. The van der Waals surface area contributed by atoms with Crippen LogP contribution in [-0.4, -0.2) is 8.72 Å². The first-order valence-corrected chi connectivity index (χ1v) is 9.86. The summed E-state index contributed by atoms with van der Waals surface area (Å²) >= 11 is 10.1. The molecule has 0 aliphatic rings. The van der Waals surface area contributed by atoms with E-state index in [9.17, 15) is 4.55 Å². The molecule has 0 aromatic heterocycles. The Bertz CT molecular complexity index is 688. The van der Waals surface area contributed by atoms with Crippen LogP contribution in [0.2, 0.25) is 0 Å². The Balaban J connectivity index is 2.27. The van der Waals surface area contributed by atoms with E-state index in [1.807, 2.05) is 91.0 Å². The third-order valence-electron chi connectivity index (χ3n) is 4.04. The van der Waals surface area contributed by atoms with Gasteiger partial charge in [0.15, 0.2) is 0 Å². The predicted molar refractivity (Wildman–Crippen MR) is 106 cm³/mol. The second-order valence-corrected chi connectivity index (χ2v) is 8.39. The van der Waals surface area contributed by atoms with Crippen molar-refractivity contribution in [1.82, 2.24) is 4.72 Å². The first kappa shape index (κ1) is 18.3. The molecule has 25 heavy (non-hydrogen) atoms. The quantitative estimate of drug-likeness (QED) is 0.366. The Hall–Kier alpha value is -1.49. The molecule has 3 aromatic rings. The summed E-state index contributed by atoms with van der Waals surface area (Å²) in [6.07, 6.45) is 0. The molecule has 0 amide bonds. The van der Waals surface area contributed by atoms with Crippen LogP contribution in [0.4, 0.5) is 0 Å². The van der Waals surface area contributed by atoms with Crippen molar-refractivity contribution in [2.45, 2.75) is 9.71 Å². The smallest absolute Gasteiger partial charge is 0.282 e. The van der Waals surface area contributed by atoms with Crippen molar-refractivity contribution in [2.24, 2.45) is 0 Å². The van der Waals surface area contributed by atoms with Crippen LogP contribution in [0.15, 0.2) is 91.0 Å². The van der Waals surface area contributed by atoms with Gasteiger partial charge in [0.1, 0.15) is 5.54 Å². The molecule has 0 radical (unpaired) electrons. The zero-order valence-corrected chi connectivity index (χ0v) is 15.6. The van der Waals surface area contributed by atoms with E-state index in [2.05, 4.69) is 4.72 Å². The zero-order valence-electron chi connectivity index (χ0n) is 13.3. The number of benzene rings is 3. The van der Waals surface area contributed by atoms with Crippen molar-refractivity contribution in [1.29, 1.82) is 0 Å². The molecule has 2 nitrogen and oxygen atoms in total. The Morgan fingerprint density at radius 2 is 1.00 bits per heavy atom. The summed E-state index contributed by atoms with van der Waals surface area (Å²) in [5.41, 5.74) is 2.02. The van der Waals surface area contributed by atoms with E-state index < -0.39 is 21.1 Å². The standard InChI is InChI=1S/C20H17Cl2NOS/c21-19(22)25(24)23-20(16-10-4-1-5-11-16,17-12-6-2-7-13-17)18-14-8-3-9-15-18/h1-15,19,23H. The third-order valence-corrected chi connectivity index (χ3v) is 5.84. The molecule has 0 spiro atoms. The second-order valence-electron chi connectivity index (χ2n) is 5.51. The topological polar surface area (TPSA) is 35.1 Å². The lowest BCUT2D eigenvalue weighted by molar-refractivity contribution is 0.529. The maximum atomic E-state index is 12.6. The minimum Gasteiger partial charge on any atom is -0.596 e. The van der Waals surface area contributed by atoms with Gasteiger partial charge in [0.05, 0.1) is 11.4 Å². The van der Waals surface area contributed by atoms with Crippen LogP contribution in [0, 0.1) is 0 Å². The first-order valence-electron chi connectivity index (χ1n) is 7.77. The Morgan fingerprint density at radius 1 is 0.680 bits per heavy atom. The van der Waals surface area contributed by atoms with Gasteiger partial charge in [0.2, 0.25) is 0 Å². The van der Waals surface area contributed by atoms with Crippen molar-refractivity contribution < 1.29 is 4.55 Å². The number of hydrogen-bond donors (Lipinski definition) is 1. The molecule has 0 saturated heterocycles. The monoisotopic (exact) mass is 389 g/mol. The maximum absolute atomic E-state index is 12.6. The fraction of sp³-hybridized carbons (Fsp3) is 0.100. The van der Waals surface area contributed by atoms with Gasteiger partial charge in [-0.05, 0) is 39.9 Å². The predicted octanol–water partition coefficient (Wildman–Crippen LogP) is 4.99. The van der Waals surface area contributed by atoms with Crippen LogP contribution in [0.5, 0.6) is 0 Å². The minimum atomic E-state index is -1.66. The highest BCUT2D eigenvalue weighted by molar-refractivity contribution is 7.92. The number of alkyl halides is 2. The van der Waals surface area contributed by atoms with Gasteiger partial charge in [-0.1, -0.05) is 91.0 Å². The molecule has 0 aliphatic heterocycles. The van der Waals surface area contributed by atoms with Crippen LogP contribution >= 0.6 is 23.2 Å². The van der Waals surface area contributed by atoms with Gasteiger partial charge in [0, 0.05) is 0 Å². The van der Waals surface area contributed by atoms with E-state index in [1.165, 1.54) is 0 Å². The van der Waals surface area contributed by atoms with Gasteiger partial charge in [-0.2, -0.15) is 0 Å². The van der Waals surface area contributed by atoms with Crippen LogP contribution in [0.25, 0.3) is 0 Å². The molecule has 0 bridgehead atoms. The summed E-state index contributed by atoms with van der Waals surface area (Å²) in [5, 5.41) is 0. The van der Waals surface area contributed by atoms with Crippen LogP contribution in [-0.2, 0) is 16.9 Å². The molecular weight excluding hydrogens is 373 g/mol. The number of halogens is 2. The fourth-order valence-electron chi connectivity index (χ4n) is 2.94. The molecule has 0 saturated carbocycles. The Kier molecular flexibility index (Phi) is 6.05. The van der Waals surface area contributed by atoms with E-state index in [-0.39, 0.29) is 0 Å². The van der Waals surface area contributed by atoms with E-state index in [4.69, 9.17) is 23.2 Å². The van der Waals surface area contributed by atoms with Gasteiger partial charge in [-0.15, -0.1) is 4.72 Å². The highest BCUT2D eigenvalue weighted by Gasteiger charge is 2.41. The van der Waals surface area contributed by atoms with Crippen LogP contribution < -0.4 is 4.72 Å². The fourth-order valence-corrected chi connectivity index (χ4v) is 3.95. The van der Waals surface area contributed by atoms with Crippen molar-refractivity contribution in [3.63, 3.8) is 0 Å². The first-order chi connectivity index (χ1) is 12.1.